The number of esters is 1. The molecular formula is C37H65NO12. The summed E-state index contributed by atoms with van der Waals surface area (Å²) in [4.78, 5) is 16.1. The van der Waals surface area contributed by atoms with Crippen LogP contribution in [-0.2, 0) is 38.0 Å². The predicted octanol–water partition coefficient (Wildman–Crippen LogP) is 2.89. The van der Waals surface area contributed by atoms with E-state index in [1.165, 1.54) is 14.0 Å². The Labute approximate surface area is 298 Å². The lowest BCUT2D eigenvalue weighted by atomic mass is 9.78. The van der Waals surface area contributed by atoms with Crippen molar-refractivity contribution in [3.63, 3.8) is 0 Å². The van der Waals surface area contributed by atoms with Crippen LogP contribution in [-0.4, -0.2) is 137 Å². The molecule has 2 bridgehead atoms. The molecule has 4 aliphatic rings. The first-order chi connectivity index (χ1) is 23.1. The van der Waals surface area contributed by atoms with Gasteiger partial charge in [0.15, 0.2) is 12.6 Å². The molecule has 3 fully saturated rings. The molecule has 0 saturated carbocycles. The zero-order chi connectivity index (χ0) is 37.7. The fourth-order valence-electron chi connectivity index (χ4n) is 8.73. The normalized spacial score (nSPS) is 49.5. The largest absolute Gasteiger partial charge is 0.489 e. The molecule has 13 heteroatoms. The van der Waals surface area contributed by atoms with Crippen LogP contribution in [0.1, 0.15) is 94.9 Å². The molecule has 13 nitrogen and oxygen atoms in total. The van der Waals surface area contributed by atoms with E-state index in [2.05, 4.69) is 0 Å². The van der Waals surface area contributed by atoms with Crippen molar-refractivity contribution >= 4 is 5.97 Å². The molecule has 0 aromatic carbocycles. The highest BCUT2D eigenvalue weighted by atomic mass is 16.7. The molecule has 290 valence electrons. The Balaban J connectivity index is 1.84. The molecule has 0 spiro atoms. The second-order valence-corrected chi connectivity index (χ2v) is 16.3. The number of rotatable bonds is 7. The maximum absolute atomic E-state index is 14.1. The minimum atomic E-state index is -1.82. The SMILES string of the molecule is CC[C@@H]1OC(=O)[C@H](C)[C@@H](O[C@H]2C[C@@](C)(OC)[C@@H](O)[C@H](C)O2)[C@H](C)[C@@H](O[C@@H]2O[C@H](C)C[C@H](N(C)C)[C@H]2O)[C@@]2(C)CC(C)=C(O2)[C@@H](C)[C@@H](O)[C@]1(C)O. The quantitative estimate of drug-likeness (QED) is 0.285. The standard InChI is InChI=1S/C37H65NO12/c1-14-25-37(10,43)30(40)20(4)28-18(2)16-36(9,50-28)32(49-34-27(39)24(38(11)12)15-19(3)45-34)21(5)29(22(6)33(42)47-25)48-26-17-35(8,44-13)31(41)23(7)46-26/h19-27,29-32,34,39-41,43H,14-17H2,1-13H3/t19-,20-,21+,22-,23+,24+,25+,26+,27-,29+,30-,31+,32-,34+,35-,36-,37-/m1/s1. The fourth-order valence-corrected chi connectivity index (χ4v) is 8.73. The summed E-state index contributed by atoms with van der Waals surface area (Å²) in [5.41, 5.74) is -3.00. The van der Waals surface area contributed by atoms with Gasteiger partial charge in [0.1, 0.15) is 41.4 Å². The smallest absolute Gasteiger partial charge is 0.311 e. The van der Waals surface area contributed by atoms with E-state index in [9.17, 15) is 25.2 Å². The molecule has 4 aliphatic heterocycles. The Kier molecular flexibility index (Phi) is 12.8. The van der Waals surface area contributed by atoms with E-state index < -0.39 is 95.8 Å². The Morgan fingerprint density at radius 2 is 1.60 bits per heavy atom. The molecule has 0 aliphatic carbocycles. The molecule has 0 unspecified atom stereocenters. The van der Waals surface area contributed by atoms with Gasteiger partial charge in [-0.3, -0.25) is 4.79 Å². The number of methoxy groups -OCH3 is 1. The number of hydrogen-bond donors (Lipinski definition) is 4. The van der Waals surface area contributed by atoms with E-state index in [1.54, 1.807) is 34.6 Å². The molecule has 17 atom stereocenters. The lowest BCUT2D eigenvalue weighted by Gasteiger charge is -2.48. The lowest BCUT2D eigenvalue weighted by Crippen LogP contribution is -2.60. The molecule has 0 aromatic rings. The molecule has 4 rings (SSSR count). The van der Waals surface area contributed by atoms with Gasteiger partial charge in [0.25, 0.3) is 0 Å². The maximum atomic E-state index is 14.1. The third kappa shape index (κ3) is 7.93. The second-order valence-electron chi connectivity index (χ2n) is 16.3. The Bertz CT molecular complexity index is 1210. The van der Waals surface area contributed by atoms with Crippen molar-refractivity contribution < 1.29 is 58.4 Å². The van der Waals surface area contributed by atoms with Crippen molar-refractivity contribution in [3.05, 3.63) is 11.3 Å². The first kappa shape index (κ1) is 41.4. The summed E-state index contributed by atoms with van der Waals surface area (Å²) in [6, 6.07) is -0.235. The summed E-state index contributed by atoms with van der Waals surface area (Å²) in [6.45, 7) is 18.0. The predicted molar refractivity (Wildman–Crippen MR) is 184 cm³/mol. The topological polar surface area (TPSA) is 166 Å². The van der Waals surface area contributed by atoms with Crippen LogP contribution in [0.2, 0.25) is 0 Å². The average molecular weight is 716 g/mol. The zero-order valence-corrected chi connectivity index (χ0v) is 32.4. The van der Waals surface area contributed by atoms with Crippen LogP contribution in [0, 0.1) is 17.8 Å². The third-order valence-corrected chi connectivity index (χ3v) is 12.0. The van der Waals surface area contributed by atoms with Gasteiger partial charge in [-0.1, -0.05) is 20.8 Å². The molecule has 3 saturated heterocycles. The van der Waals surface area contributed by atoms with Crippen LogP contribution in [0.3, 0.4) is 0 Å². The Morgan fingerprint density at radius 1 is 0.960 bits per heavy atom. The van der Waals surface area contributed by atoms with E-state index in [4.69, 9.17) is 33.2 Å². The number of nitrogens with zero attached hydrogens (tertiary/aromatic N) is 1. The number of carbonyl (C=O) groups is 1. The van der Waals surface area contributed by atoms with Crippen molar-refractivity contribution in [1.82, 2.24) is 4.90 Å². The molecule has 0 radical (unpaired) electrons. The highest BCUT2D eigenvalue weighted by molar-refractivity contribution is 5.73. The monoisotopic (exact) mass is 715 g/mol. The molecular weight excluding hydrogens is 650 g/mol. The first-order valence-corrected chi connectivity index (χ1v) is 18.3. The van der Waals surface area contributed by atoms with E-state index in [0.717, 1.165) is 5.57 Å². The summed E-state index contributed by atoms with van der Waals surface area (Å²) in [5.74, 6) is -2.31. The van der Waals surface area contributed by atoms with E-state index >= 15 is 0 Å². The summed E-state index contributed by atoms with van der Waals surface area (Å²) in [6.07, 6.45) is -7.39. The number of cyclic esters (lactones) is 1. The summed E-state index contributed by atoms with van der Waals surface area (Å²) in [5, 5.41) is 45.9. The van der Waals surface area contributed by atoms with Crippen LogP contribution in [0.5, 0.6) is 0 Å². The second kappa shape index (κ2) is 15.5. The van der Waals surface area contributed by atoms with E-state index in [0.29, 0.717) is 18.6 Å². The van der Waals surface area contributed by atoms with E-state index in [1.807, 2.05) is 46.7 Å². The van der Waals surface area contributed by atoms with Gasteiger partial charge in [-0.2, -0.15) is 0 Å². The number of carbonyl (C=O) groups excluding carboxylic acids is 1. The van der Waals surface area contributed by atoms with E-state index in [-0.39, 0.29) is 25.0 Å². The fraction of sp³-hybridized carbons (Fsp3) is 0.919. The van der Waals surface area contributed by atoms with Crippen molar-refractivity contribution in [2.45, 2.75) is 179 Å². The van der Waals surface area contributed by atoms with Gasteiger partial charge in [-0.05, 0) is 81.0 Å². The molecule has 4 N–H and O–H groups in total. The van der Waals surface area contributed by atoms with Crippen LogP contribution in [0.15, 0.2) is 11.3 Å². The van der Waals surface area contributed by atoms with Gasteiger partial charge in [-0.25, -0.2) is 0 Å². The minimum Gasteiger partial charge on any atom is -0.489 e. The van der Waals surface area contributed by atoms with Gasteiger partial charge in [0.05, 0.1) is 35.9 Å². The number of hydrogen-bond acceptors (Lipinski definition) is 13. The van der Waals surface area contributed by atoms with Crippen molar-refractivity contribution in [3.8, 4) is 0 Å². The summed E-state index contributed by atoms with van der Waals surface area (Å²) < 4.78 is 44.6. The molecule has 4 heterocycles. The van der Waals surface area contributed by atoms with Crippen molar-refractivity contribution in [1.29, 1.82) is 0 Å². The molecule has 50 heavy (non-hydrogen) atoms. The highest BCUT2D eigenvalue weighted by Gasteiger charge is 2.56. The van der Waals surface area contributed by atoms with Crippen LogP contribution in [0.4, 0.5) is 0 Å². The third-order valence-electron chi connectivity index (χ3n) is 12.0. The Hall–Kier alpha value is -1.39. The Morgan fingerprint density at radius 3 is 2.18 bits per heavy atom. The van der Waals surface area contributed by atoms with Gasteiger partial charge < -0.3 is 58.5 Å². The van der Waals surface area contributed by atoms with Gasteiger partial charge >= 0.3 is 5.97 Å². The van der Waals surface area contributed by atoms with Crippen LogP contribution >= 0.6 is 0 Å². The van der Waals surface area contributed by atoms with Gasteiger partial charge in [-0.15, -0.1) is 0 Å². The minimum absolute atomic E-state index is 0.173. The number of aliphatic hydroxyl groups is 4. The number of likely N-dealkylation sites (N-methyl/N-ethyl adjacent to an activating group) is 1. The highest BCUT2D eigenvalue weighted by Crippen LogP contribution is 2.47. The maximum Gasteiger partial charge on any atom is 0.311 e. The first-order valence-electron chi connectivity index (χ1n) is 18.3. The van der Waals surface area contributed by atoms with Crippen molar-refractivity contribution in [2.75, 3.05) is 21.2 Å². The number of aliphatic hydroxyl groups excluding tert-OH is 3. The van der Waals surface area contributed by atoms with Gasteiger partial charge in [0, 0.05) is 37.8 Å². The lowest BCUT2D eigenvalue weighted by molar-refractivity contribution is -0.316. The molecule has 0 amide bonds. The number of ether oxygens (including phenoxy) is 7. The molecule has 0 aromatic heterocycles. The van der Waals surface area contributed by atoms with Crippen LogP contribution in [0.25, 0.3) is 0 Å². The van der Waals surface area contributed by atoms with Crippen molar-refractivity contribution in [2.24, 2.45) is 17.8 Å². The summed E-state index contributed by atoms with van der Waals surface area (Å²) in [7, 11) is 5.34. The van der Waals surface area contributed by atoms with Gasteiger partial charge in [0.2, 0.25) is 0 Å². The van der Waals surface area contributed by atoms with Crippen LogP contribution < -0.4 is 0 Å². The average Bonchev–Trinajstić information content (AvgIpc) is 3.37. The summed E-state index contributed by atoms with van der Waals surface area (Å²) >= 11 is 0. The number of fused-ring (bicyclic) bond motifs is 2. The zero-order valence-electron chi connectivity index (χ0n) is 32.4.